The van der Waals surface area contributed by atoms with E-state index in [1.807, 2.05) is 24.3 Å². The highest BCUT2D eigenvalue weighted by Gasteiger charge is 2.05. The van der Waals surface area contributed by atoms with E-state index in [-0.39, 0.29) is 6.61 Å². The van der Waals surface area contributed by atoms with E-state index >= 15 is 0 Å². The molecule has 2 N–H and O–H groups in total. The van der Waals surface area contributed by atoms with Gasteiger partial charge in [0.15, 0.2) is 5.82 Å². The van der Waals surface area contributed by atoms with Crippen molar-refractivity contribution in [2.75, 3.05) is 26.6 Å². The molecule has 0 saturated carbocycles. The fraction of sp³-hybridized carbons (Fsp3) is 0.333. The Labute approximate surface area is 123 Å². The van der Waals surface area contributed by atoms with Gasteiger partial charge in [-0.15, -0.1) is 0 Å². The quantitative estimate of drug-likeness (QED) is 0.841. The van der Waals surface area contributed by atoms with Crippen molar-refractivity contribution in [1.29, 1.82) is 0 Å². The first kappa shape index (κ1) is 15.2. The van der Waals surface area contributed by atoms with Crippen molar-refractivity contribution in [1.82, 2.24) is 9.97 Å². The molecule has 0 aliphatic heterocycles. The summed E-state index contributed by atoms with van der Waals surface area (Å²) < 4.78 is 15.7. The number of hydrogen-bond acceptors (Lipinski definition) is 6. The third kappa shape index (κ3) is 4.70. The zero-order valence-corrected chi connectivity index (χ0v) is 12.2. The molecule has 1 aromatic heterocycles. The van der Waals surface area contributed by atoms with Gasteiger partial charge in [0.1, 0.15) is 18.2 Å². The van der Waals surface area contributed by atoms with Gasteiger partial charge in [-0.3, -0.25) is 0 Å². The maximum Gasteiger partial charge on any atom is 0.224 e. The van der Waals surface area contributed by atoms with Crippen molar-refractivity contribution in [2.24, 2.45) is 0 Å². The van der Waals surface area contributed by atoms with Crippen LogP contribution in [0, 0.1) is 0 Å². The van der Waals surface area contributed by atoms with Crippen LogP contribution in [-0.4, -0.2) is 30.8 Å². The van der Waals surface area contributed by atoms with Gasteiger partial charge in [0.2, 0.25) is 5.88 Å². The molecule has 0 spiro atoms. The van der Waals surface area contributed by atoms with Crippen LogP contribution in [0.4, 0.5) is 5.82 Å². The first-order chi connectivity index (χ1) is 10.2. The van der Waals surface area contributed by atoms with Crippen molar-refractivity contribution >= 4 is 5.82 Å². The minimum atomic E-state index is 0.289. The Morgan fingerprint density at radius 3 is 2.48 bits per heavy atom. The van der Waals surface area contributed by atoms with Crippen LogP contribution >= 0.6 is 0 Å². The van der Waals surface area contributed by atoms with Crippen LogP contribution in [0.15, 0.2) is 30.3 Å². The van der Waals surface area contributed by atoms with Crippen LogP contribution in [0.1, 0.15) is 11.4 Å². The third-order valence-electron chi connectivity index (χ3n) is 2.78. The van der Waals surface area contributed by atoms with E-state index in [9.17, 15) is 0 Å². The summed E-state index contributed by atoms with van der Waals surface area (Å²) in [7, 11) is 3.26. The smallest absolute Gasteiger partial charge is 0.224 e. The van der Waals surface area contributed by atoms with Gasteiger partial charge < -0.3 is 19.9 Å². The number of anilines is 1. The Bertz CT molecular complexity index is 573. The van der Waals surface area contributed by atoms with Crippen LogP contribution in [-0.2, 0) is 22.5 Å². The summed E-state index contributed by atoms with van der Waals surface area (Å²) in [5, 5.41) is 0. The van der Waals surface area contributed by atoms with E-state index in [1.165, 1.54) is 5.56 Å². The highest BCUT2D eigenvalue weighted by Crippen LogP contribution is 2.21. The lowest BCUT2D eigenvalue weighted by Gasteiger charge is -2.08. The predicted molar refractivity (Wildman–Crippen MR) is 79.3 cm³/mol. The highest BCUT2D eigenvalue weighted by molar-refractivity contribution is 5.36. The standard InChI is InChI=1S/C15H19N3O3/c1-19-8-7-11-3-5-12(6-4-11)21-15-9-13(16)17-14(18-15)10-20-2/h3-6,9H,7-8,10H2,1-2H3,(H2,16,17,18). The Morgan fingerprint density at radius 2 is 1.81 bits per heavy atom. The Kier molecular flexibility index (Phi) is 5.48. The maximum absolute atomic E-state index is 5.72. The number of methoxy groups -OCH3 is 2. The van der Waals surface area contributed by atoms with Crippen molar-refractivity contribution < 1.29 is 14.2 Å². The number of ether oxygens (including phenoxy) is 3. The molecule has 0 bridgehead atoms. The molecule has 112 valence electrons. The van der Waals surface area contributed by atoms with Gasteiger partial charge in [-0.2, -0.15) is 4.98 Å². The molecule has 1 heterocycles. The highest BCUT2D eigenvalue weighted by atomic mass is 16.5. The lowest BCUT2D eigenvalue weighted by Crippen LogP contribution is -2.02. The van der Waals surface area contributed by atoms with Gasteiger partial charge in [0.25, 0.3) is 0 Å². The molecule has 0 atom stereocenters. The zero-order chi connectivity index (χ0) is 15.1. The molecule has 1 aromatic carbocycles. The molecule has 6 heteroatoms. The maximum atomic E-state index is 5.72. The average molecular weight is 289 g/mol. The number of nitrogen functional groups attached to an aromatic ring is 1. The average Bonchev–Trinajstić information content (AvgIpc) is 2.46. The summed E-state index contributed by atoms with van der Waals surface area (Å²) >= 11 is 0. The van der Waals surface area contributed by atoms with Crippen LogP contribution in [0.25, 0.3) is 0 Å². The van der Waals surface area contributed by atoms with Crippen LogP contribution in [0.3, 0.4) is 0 Å². The number of nitrogens with zero attached hydrogens (tertiary/aromatic N) is 2. The van der Waals surface area contributed by atoms with E-state index < -0.39 is 0 Å². The molecule has 0 saturated heterocycles. The van der Waals surface area contributed by atoms with E-state index in [1.54, 1.807) is 20.3 Å². The summed E-state index contributed by atoms with van der Waals surface area (Å²) in [5.74, 6) is 1.94. The molecule has 6 nitrogen and oxygen atoms in total. The summed E-state index contributed by atoms with van der Waals surface area (Å²) in [5.41, 5.74) is 6.91. The summed E-state index contributed by atoms with van der Waals surface area (Å²) in [4.78, 5) is 8.29. The van der Waals surface area contributed by atoms with Gasteiger partial charge in [0.05, 0.1) is 6.61 Å². The topological polar surface area (TPSA) is 79.5 Å². The minimum Gasteiger partial charge on any atom is -0.439 e. The first-order valence-electron chi connectivity index (χ1n) is 6.59. The van der Waals surface area contributed by atoms with Gasteiger partial charge in [-0.25, -0.2) is 4.98 Å². The van der Waals surface area contributed by atoms with Crippen molar-refractivity contribution in [3.05, 3.63) is 41.7 Å². The van der Waals surface area contributed by atoms with Gasteiger partial charge in [-0.05, 0) is 24.1 Å². The second kappa shape index (κ2) is 7.56. The largest absolute Gasteiger partial charge is 0.439 e. The van der Waals surface area contributed by atoms with E-state index in [0.29, 0.717) is 29.9 Å². The predicted octanol–water partition coefficient (Wildman–Crippen LogP) is 2.19. The Balaban J connectivity index is 2.07. The number of benzene rings is 1. The SMILES string of the molecule is COCCc1ccc(Oc2cc(N)nc(COC)n2)cc1. The molecule has 0 amide bonds. The normalized spacial score (nSPS) is 10.6. The zero-order valence-electron chi connectivity index (χ0n) is 12.2. The molecular weight excluding hydrogens is 270 g/mol. The van der Waals surface area contributed by atoms with Crippen LogP contribution in [0.5, 0.6) is 11.6 Å². The Hall–Kier alpha value is -2.18. The molecule has 0 aliphatic rings. The molecule has 2 aromatic rings. The summed E-state index contributed by atoms with van der Waals surface area (Å²) in [6, 6.07) is 9.35. The summed E-state index contributed by atoms with van der Waals surface area (Å²) in [6.07, 6.45) is 0.870. The number of rotatable bonds is 7. The van der Waals surface area contributed by atoms with Crippen molar-refractivity contribution in [3.8, 4) is 11.6 Å². The summed E-state index contributed by atoms with van der Waals surface area (Å²) in [6.45, 7) is 0.986. The number of nitrogens with two attached hydrogens (primary N) is 1. The lowest BCUT2D eigenvalue weighted by molar-refractivity contribution is 0.177. The third-order valence-corrected chi connectivity index (χ3v) is 2.78. The molecule has 0 aliphatic carbocycles. The van der Waals surface area contributed by atoms with Crippen LogP contribution in [0.2, 0.25) is 0 Å². The van der Waals surface area contributed by atoms with Crippen molar-refractivity contribution in [3.63, 3.8) is 0 Å². The van der Waals surface area contributed by atoms with Crippen molar-refractivity contribution in [2.45, 2.75) is 13.0 Å². The number of aromatic nitrogens is 2. The molecule has 21 heavy (non-hydrogen) atoms. The number of hydrogen-bond donors (Lipinski definition) is 1. The van der Waals surface area contributed by atoms with Crippen LogP contribution < -0.4 is 10.5 Å². The Morgan fingerprint density at radius 1 is 1.05 bits per heavy atom. The van der Waals surface area contributed by atoms with Gasteiger partial charge >= 0.3 is 0 Å². The fourth-order valence-corrected chi connectivity index (χ4v) is 1.80. The second-order valence-corrected chi connectivity index (χ2v) is 4.47. The molecule has 0 radical (unpaired) electrons. The van der Waals surface area contributed by atoms with Gasteiger partial charge in [0, 0.05) is 20.3 Å². The molecule has 0 fully saturated rings. The van der Waals surface area contributed by atoms with E-state index in [4.69, 9.17) is 19.9 Å². The molecule has 2 rings (SSSR count). The minimum absolute atomic E-state index is 0.289. The first-order valence-corrected chi connectivity index (χ1v) is 6.59. The molecular formula is C15H19N3O3. The fourth-order valence-electron chi connectivity index (χ4n) is 1.80. The van der Waals surface area contributed by atoms with E-state index in [0.717, 1.165) is 6.42 Å². The van der Waals surface area contributed by atoms with E-state index in [2.05, 4.69) is 9.97 Å². The monoisotopic (exact) mass is 289 g/mol. The molecule has 0 unspecified atom stereocenters. The second-order valence-electron chi connectivity index (χ2n) is 4.47. The van der Waals surface area contributed by atoms with Gasteiger partial charge in [-0.1, -0.05) is 12.1 Å². The lowest BCUT2D eigenvalue weighted by atomic mass is 10.1.